The summed E-state index contributed by atoms with van der Waals surface area (Å²) in [5, 5.41) is 9.77. The molecule has 0 aromatic carbocycles. The van der Waals surface area contributed by atoms with Crippen LogP contribution < -0.4 is 4.90 Å². The molecule has 1 aliphatic rings. The Labute approximate surface area is 98.4 Å². The maximum Gasteiger partial charge on any atom is 0.326 e. The van der Waals surface area contributed by atoms with Crippen LogP contribution in [0.4, 0.5) is 9.93 Å². The van der Waals surface area contributed by atoms with Crippen LogP contribution >= 0.6 is 11.3 Å². The predicted molar refractivity (Wildman–Crippen MR) is 63.8 cm³/mol. The van der Waals surface area contributed by atoms with Gasteiger partial charge in [-0.15, -0.1) is 16.8 Å². The van der Waals surface area contributed by atoms with Crippen molar-refractivity contribution in [1.82, 2.24) is 15.1 Å². The maximum absolute atomic E-state index is 11.7. The highest BCUT2D eigenvalue weighted by atomic mass is 32.1. The number of nitrogens with zero attached hydrogens (tertiary/aromatic N) is 4. The Morgan fingerprint density at radius 1 is 1.50 bits per heavy atom. The number of urea groups is 1. The summed E-state index contributed by atoms with van der Waals surface area (Å²) < 4.78 is 0. The molecule has 0 bridgehead atoms. The molecule has 0 radical (unpaired) electrons. The lowest BCUT2D eigenvalue weighted by Crippen LogP contribution is -2.29. The van der Waals surface area contributed by atoms with Crippen LogP contribution in [0, 0.1) is 0 Å². The summed E-state index contributed by atoms with van der Waals surface area (Å²) >= 11 is 1.48. The lowest BCUT2D eigenvalue weighted by molar-refractivity contribution is 0.229. The molecule has 1 aliphatic heterocycles. The number of hydrogen-bond donors (Lipinski definition) is 0. The normalized spacial score (nSPS) is 15.9. The number of aromatic nitrogens is 2. The molecular weight excluding hydrogens is 224 g/mol. The van der Waals surface area contributed by atoms with Crippen LogP contribution in [0.25, 0.3) is 0 Å². The van der Waals surface area contributed by atoms with Crippen molar-refractivity contribution in [2.24, 2.45) is 0 Å². The molecule has 5 nitrogen and oxygen atoms in total. The van der Waals surface area contributed by atoms with E-state index in [1.807, 2.05) is 6.08 Å². The minimum Gasteiger partial charge on any atom is -0.326 e. The number of rotatable bonds is 4. The Morgan fingerprint density at radius 3 is 2.94 bits per heavy atom. The number of amides is 2. The summed E-state index contributed by atoms with van der Waals surface area (Å²) in [4.78, 5) is 15.1. The average Bonchev–Trinajstić information content (AvgIpc) is 2.85. The summed E-state index contributed by atoms with van der Waals surface area (Å²) in [6.45, 7) is 5.12. The summed E-state index contributed by atoms with van der Waals surface area (Å²) in [6.07, 6.45) is 3.59. The van der Waals surface area contributed by atoms with E-state index in [1.54, 1.807) is 16.8 Å². The van der Waals surface area contributed by atoms with Crippen molar-refractivity contribution >= 4 is 22.5 Å². The third-order valence-electron chi connectivity index (χ3n) is 2.47. The van der Waals surface area contributed by atoms with Crippen LogP contribution in [-0.2, 0) is 6.42 Å². The molecule has 2 rings (SSSR count). The first-order valence-electron chi connectivity index (χ1n) is 5.18. The van der Waals surface area contributed by atoms with E-state index in [1.165, 1.54) is 11.3 Å². The fourth-order valence-electron chi connectivity index (χ4n) is 1.51. The number of likely N-dealkylation sites (N-methyl/N-ethyl adjacent to an activating group) is 1. The quantitative estimate of drug-likeness (QED) is 0.747. The van der Waals surface area contributed by atoms with Gasteiger partial charge in [0.1, 0.15) is 5.01 Å². The highest BCUT2D eigenvalue weighted by molar-refractivity contribution is 7.15. The molecule has 16 heavy (non-hydrogen) atoms. The van der Waals surface area contributed by atoms with Gasteiger partial charge in [0, 0.05) is 26.6 Å². The third kappa shape index (κ3) is 2.06. The minimum atomic E-state index is 0.00595. The monoisotopic (exact) mass is 238 g/mol. The van der Waals surface area contributed by atoms with Crippen LogP contribution in [-0.4, -0.2) is 41.3 Å². The van der Waals surface area contributed by atoms with E-state index in [4.69, 9.17) is 0 Å². The van der Waals surface area contributed by atoms with Crippen molar-refractivity contribution in [3.63, 3.8) is 0 Å². The number of carbonyl (C=O) groups excluding carboxylic acids is 1. The summed E-state index contributed by atoms with van der Waals surface area (Å²) in [5.41, 5.74) is 0. The molecule has 1 aromatic rings. The number of hydrogen-bond acceptors (Lipinski definition) is 4. The van der Waals surface area contributed by atoms with Crippen molar-refractivity contribution in [2.45, 2.75) is 12.8 Å². The smallest absolute Gasteiger partial charge is 0.326 e. The van der Waals surface area contributed by atoms with Gasteiger partial charge < -0.3 is 4.90 Å². The van der Waals surface area contributed by atoms with Crippen molar-refractivity contribution in [1.29, 1.82) is 0 Å². The molecule has 0 unspecified atom stereocenters. The van der Waals surface area contributed by atoms with E-state index >= 15 is 0 Å². The minimum absolute atomic E-state index is 0.00595. The van der Waals surface area contributed by atoms with E-state index in [0.29, 0.717) is 11.7 Å². The highest BCUT2D eigenvalue weighted by Gasteiger charge is 2.29. The molecular formula is C10H14N4OS. The van der Waals surface area contributed by atoms with Gasteiger partial charge in [0.2, 0.25) is 5.13 Å². The number of carbonyl (C=O) groups is 1. The molecule has 0 atom stereocenters. The zero-order valence-corrected chi connectivity index (χ0v) is 10.0. The van der Waals surface area contributed by atoms with E-state index in [0.717, 1.165) is 24.4 Å². The van der Waals surface area contributed by atoms with Gasteiger partial charge in [-0.05, 0) is 6.42 Å². The number of allylic oxidation sites excluding steroid dienone is 1. The lowest BCUT2D eigenvalue weighted by atomic mass is 10.3. The molecule has 6 heteroatoms. The molecule has 86 valence electrons. The molecule has 1 aromatic heterocycles. The van der Waals surface area contributed by atoms with Crippen LogP contribution in [0.1, 0.15) is 11.4 Å². The highest BCUT2D eigenvalue weighted by Crippen LogP contribution is 2.24. The largest absolute Gasteiger partial charge is 0.326 e. The second kappa shape index (κ2) is 4.61. The third-order valence-corrected chi connectivity index (χ3v) is 3.47. The Hall–Kier alpha value is -1.43. The van der Waals surface area contributed by atoms with Crippen LogP contribution in [0.5, 0.6) is 0 Å². The first-order chi connectivity index (χ1) is 7.72. The molecule has 1 saturated heterocycles. The van der Waals surface area contributed by atoms with Crippen LogP contribution in [0.2, 0.25) is 0 Å². The SMILES string of the molecule is C=CCCc1nnc(N2CCN(C)C2=O)s1. The van der Waals surface area contributed by atoms with Gasteiger partial charge in [0.05, 0.1) is 0 Å². The van der Waals surface area contributed by atoms with Gasteiger partial charge in [-0.3, -0.25) is 4.90 Å². The van der Waals surface area contributed by atoms with E-state index in [-0.39, 0.29) is 6.03 Å². The molecule has 0 saturated carbocycles. The first kappa shape index (κ1) is 11.1. The molecule has 0 N–H and O–H groups in total. The van der Waals surface area contributed by atoms with E-state index in [9.17, 15) is 4.79 Å². The fraction of sp³-hybridized carbons (Fsp3) is 0.500. The Kier molecular flexibility index (Phi) is 3.19. The number of anilines is 1. The lowest BCUT2D eigenvalue weighted by Gasteiger charge is -2.10. The zero-order chi connectivity index (χ0) is 11.5. The molecule has 2 heterocycles. The molecule has 0 spiro atoms. The predicted octanol–water partition coefficient (Wildman–Crippen LogP) is 1.53. The van der Waals surface area contributed by atoms with Gasteiger partial charge in [-0.1, -0.05) is 17.4 Å². The zero-order valence-electron chi connectivity index (χ0n) is 9.22. The Balaban J connectivity index is 2.07. The molecule has 0 aliphatic carbocycles. The summed E-state index contributed by atoms with van der Waals surface area (Å²) in [7, 11) is 1.79. The Morgan fingerprint density at radius 2 is 2.31 bits per heavy atom. The second-order valence-corrected chi connectivity index (χ2v) is 4.70. The van der Waals surface area contributed by atoms with E-state index in [2.05, 4.69) is 16.8 Å². The van der Waals surface area contributed by atoms with Gasteiger partial charge in [0.25, 0.3) is 0 Å². The van der Waals surface area contributed by atoms with Crippen molar-refractivity contribution < 1.29 is 4.79 Å². The van der Waals surface area contributed by atoms with Gasteiger partial charge in [-0.2, -0.15) is 0 Å². The Bertz CT molecular complexity index is 403. The maximum atomic E-state index is 11.7. The van der Waals surface area contributed by atoms with Crippen LogP contribution in [0.3, 0.4) is 0 Å². The molecule has 1 fully saturated rings. The fourth-order valence-corrected chi connectivity index (χ4v) is 2.38. The second-order valence-electron chi connectivity index (χ2n) is 3.66. The topological polar surface area (TPSA) is 49.3 Å². The van der Waals surface area contributed by atoms with Crippen molar-refractivity contribution in [2.75, 3.05) is 25.0 Å². The van der Waals surface area contributed by atoms with Gasteiger partial charge in [-0.25, -0.2) is 4.79 Å². The standard InChI is InChI=1S/C10H14N4OS/c1-3-4-5-8-11-12-9(16-8)14-7-6-13(2)10(14)15/h3H,1,4-7H2,2H3. The van der Waals surface area contributed by atoms with Crippen molar-refractivity contribution in [3.8, 4) is 0 Å². The first-order valence-corrected chi connectivity index (χ1v) is 6.00. The average molecular weight is 238 g/mol. The van der Waals surface area contributed by atoms with Crippen molar-refractivity contribution in [3.05, 3.63) is 17.7 Å². The van der Waals surface area contributed by atoms with Crippen LogP contribution in [0.15, 0.2) is 12.7 Å². The van der Waals surface area contributed by atoms with Gasteiger partial charge in [0.15, 0.2) is 0 Å². The van der Waals surface area contributed by atoms with Gasteiger partial charge >= 0.3 is 6.03 Å². The molecule has 2 amide bonds. The summed E-state index contributed by atoms with van der Waals surface area (Å²) in [5.74, 6) is 0. The summed E-state index contributed by atoms with van der Waals surface area (Å²) in [6, 6.07) is 0.00595. The number of aryl methyl sites for hydroxylation is 1. The van der Waals surface area contributed by atoms with E-state index < -0.39 is 0 Å².